The molecule has 1 atom stereocenters. The van der Waals surface area contributed by atoms with E-state index in [1.807, 2.05) is 19.2 Å². The molecule has 5 rings (SSSR count). The molecule has 0 amide bonds. The van der Waals surface area contributed by atoms with Crippen molar-refractivity contribution in [1.29, 1.82) is 0 Å². The summed E-state index contributed by atoms with van der Waals surface area (Å²) >= 11 is 0. The van der Waals surface area contributed by atoms with Crippen molar-refractivity contribution in [2.45, 2.75) is 23.8 Å². The summed E-state index contributed by atoms with van der Waals surface area (Å²) in [7, 11) is -1.50. The second-order valence-electron chi connectivity index (χ2n) is 8.31. The van der Waals surface area contributed by atoms with Crippen LogP contribution in [0.2, 0.25) is 0 Å². The molecule has 166 valence electrons. The first-order chi connectivity index (χ1) is 15.0. The highest BCUT2D eigenvalue weighted by molar-refractivity contribution is 7.89. The number of hydrogen-bond acceptors (Lipinski definition) is 7. The van der Waals surface area contributed by atoms with Crippen molar-refractivity contribution in [1.82, 2.24) is 14.2 Å². The number of sulfonamides is 1. The van der Waals surface area contributed by atoms with Gasteiger partial charge in [0.1, 0.15) is 23.9 Å². The number of pyridine rings is 1. The normalized spacial score (nSPS) is 22.6. The van der Waals surface area contributed by atoms with Crippen LogP contribution in [0.4, 0.5) is 5.82 Å². The highest BCUT2D eigenvalue weighted by Crippen LogP contribution is 2.39. The third kappa shape index (κ3) is 3.97. The highest BCUT2D eigenvalue weighted by Gasteiger charge is 2.30. The third-order valence-electron chi connectivity index (χ3n) is 6.32. The summed E-state index contributed by atoms with van der Waals surface area (Å²) in [5.74, 6) is 2.38. The fraction of sp³-hybridized carbons (Fsp3) is 0.500. The van der Waals surface area contributed by atoms with Crippen LogP contribution < -0.4 is 14.4 Å². The van der Waals surface area contributed by atoms with Gasteiger partial charge in [0.2, 0.25) is 10.0 Å². The van der Waals surface area contributed by atoms with E-state index in [1.54, 1.807) is 10.4 Å². The molecule has 0 unspecified atom stereocenters. The molecule has 4 heterocycles. The first-order valence-corrected chi connectivity index (χ1v) is 12.3. The van der Waals surface area contributed by atoms with E-state index < -0.39 is 10.0 Å². The average molecular weight is 445 g/mol. The van der Waals surface area contributed by atoms with Crippen molar-refractivity contribution < 1.29 is 17.9 Å². The molecular formula is C22H28N4O4S. The van der Waals surface area contributed by atoms with Crippen molar-refractivity contribution in [2.75, 3.05) is 57.9 Å². The van der Waals surface area contributed by atoms with E-state index in [4.69, 9.17) is 9.47 Å². The number of fused-ring (bicyclic) bond motifs is 1. The molecule has 2 aromatic rings. The Labute approximate surface area is 183 Å². The van der Waals surface area contributed by atoms with E-state index in [1.165, 1.54) is 6.20 Å². The van der Waals surface area contributed by atoms with E-state index in [9.17, 15) is 8.42 Å². The Bertz CT molecular complexity index is 1040. The second kappa shape index (κ2) is 8.29. The van der Waals surface area contributed by atoms with Crippen LogP contribution >= 0.6 is 0 Å². The van der Waals surface area contributed by atoms with Gasteiger partial charge in [-0.2, -0.15) is 4.31 Å². The Morgan fingerprint density at radius 3 is 2.48 bits per heavy atom. The second-order valence-corrected chi connectivity index (χ2v) is 10.3. The molecule has 0 aliphatic carbocycles. The molecule has 2 saturated heterocycles. The van der Waals surface area contributed by atoms with Gasteiger partial charge in [-0.3, -0.25) is 0 Å². The number of ether oxygens (including phenoxy) is 2. The lowest BCUT2D eigenvalue weighted by atomic mass is 10.0. The Balaban J connectivity index is 1.35. The van der Waals surface area contributed by atoms with Gasteiger partial charge in [-0.05, 0) is 49.7 Å². The lowest BCUT2D eigenvalue weighted by molar-refractivity contribution is 0.171. The minimum atomic E-state index is -3.51. The fourth-order valence-corrected chi connectivity index (χ4v) is 5.90. The van der Waals surface area contributed by atoms with E-state index in [-0.39, 0.29) is 10.9 Å². The number of rotatable bonds is 4. The Kier molecular flexibility index (Phi) is 5.49. The predicted octanol–water partition coefficient (Wildman–Crippen LogP) is 2.13. The van der Waals surface area contributed by atoms with E-state index in [2.05, 4.69) is 26.9 Å². The number of anilines is 1. The largest absolute Gasteiger partial charge is 0.486 e. The van der Waals surface area contributed by atoms with Crippen LogP contribution in [0.5, 0.6) is 11.5 Å². The van der Waals surface area contributed by atoms with E-state index in [0.717, 1.165) is 55.4 Å². The van der Waals surface area contributed by atoms with E-state index >= 15 is 0 Å². The van der Waals surface area contributed by atoms with Crippen molar-refractivity contribution in [3.05, 3.63) is 42.1 Å². The van der Waals surface area contributed by atoms with Crippen LogP contribution in [0, 0.1) is 0 Å². The molecule has 3 aliphatic heterocycles. The summed E-state index contributed by atoms with van der Waals surface area (Å²) in [6.07, 6.45) is 3.58. The van der Waals surface area contributed by atoms with Gasteiger partial charge < -0.3 is 19.3 Å². The molecule has 1 aromatic heterocycles. The lowest BCUT2D eigenvalue weighted by Gasteiger charge is -2.31. The Morgan fingerprint density at radius 1 is 0.968 bits per heavy atom. The van der Waals surface area contributed by atoms with Crippen LogP contribution in [-0.4, -0.2) is 75.6 Å². The summed E-state index contributed by atoms with van der Waals surface area (Å²) in [6, 6.07) is 9.82. The molecule has 9 heteroatoms. The first kappa shape index (κ1) is 20.5. The summed E-state index contributed by atoms with van der Waals surface area (Å²) < 4.78 is 38.9. The predicted molar refractivity (Wildman–Crippen MR) is 117 cm³/mol. The van der Waals surface area contributed by atoms with Crippen molar-refractivity contribution in [3.63, 3.8) is 0 Å². The molecule has 31 heavy (non-hydrogen) atoms. The number of benzene rings is 1. The van der Waals surface area contributed by atoms with Gasteiger partial charge in [-0.1, -0.05) is 6.07 Å². The highest BCUT2D eigenvalue weighted by atomic mass is 32.2. The van der Waals surface area contributed by atoms with Crippen LogP contribution in [0.3, 0.4) is 0 Å². The summed E-state index contributed by atoms with van der Waals surface area (Å²) in [4.78, 5) is 9.20. The minimum Gasteiger partial charge on any atom is -0.486 e. The molecule has 0 spiro atoms. The maximum Gasteiger partial charge on any atom is 0.244 e. The van der Waals surface area contributed by atoms with E-state index in [0.29, 0.717) is 26.3 Å². The monoisotopic (exact) mass is 444 g/mol. The number of hydrogen-bond donors (Lipinski definition) is 0. The van der Waals surface area contributed by atoms with Gasteiger partial charge in [0.05, 0.1) is 6.04 Å². The maximum atomic E-state index is 13.0. The van der Waals surface area contributed by atoms with Crippen LogP contribution in [0.15, 0.2) is 41.4 Å². The quantitative estimate of drug-likeness (QED) is 0.715. The van der Waals surface area contributed by atoms with Crippen molar-refractivity contribution in [2.24, 2.45) is 0 Å². The van der Waals surface area contributed by atoms with Gasteiger partial charge in [0.15, 0.2) is 11.5 Å². The fourth-order valence-electron chi connectivity index (χ4n) is 4.53. The lowest BCUT2D eigenvalue weighted by Crippen LogP contribution is -2.47. The Hall–Kier alpha value is -2.36. The Morgan fingerprint density at radius 2 is 1.74 bits per heavy atom. The topological polar surface area (TPSA) is 75.2 Å². The van der Waals surface area contributed by atoms with Gasteiger partial charge >= 0.3 is 0 Å². The molecular weight excluding hydrogens is 416 g/mol. The maximum absolute atomic E-state index is 13.0. The van der Waals surface area contributed by atoms with Gasteiger partial charge in [0, 0.05) is 38.9 Å². The molecule has 2 fully saturated rings. The molecule has 0 N–H and O–H groups in total. The zero-order chi connectivity index (χ0) is 21.4. The smallest absolute Gasteiger partial charge is 0.244 e. The number of likely N-dealkylation sites (N-methyl/N-ethyl adjacent to an activating group) is 1. The summed E-state index contributed by atoms with van der Waals surface area (Å²) in [5, 5.41) is 0. The molecule has 0 bridgehead atoms. The zero-order valence-corrected chi connectivity index (χ0v) is 18.6. The van der Waals surface area contributed by atoms with Crippen LogP contribution in [0.25, 0.3) is 0 Å². The average Bonchev–Trinajstić information content (AvgIpc) is 3.29. The van der Waals surface area contributed by atoms with Gasteiger partial charge in [-0.15, -0.1) is 0 Å². The summed E-state index contributed by atoms with van der Waals surface area (Å²) in [6.45, 7) is 4.55. The molecule has 0 radical (unpaired) electrons. The van der Waals surface area contributed by atoms with Crippen molar-refractivity contribution >= 4 is 15.8 Å². The number of nitrogens with zero attached hydrogens (tertiary/aromatic N) is 4. The third-order valence-corrected chi connectivity index (χ3v) is 8.20. The van der Waals surface area contributed by atoms with Crippen LogP contribution in [0.1, 0.15) is 24.4 Å². The van der Waals surface area contributed by atoms with Gasteiger partial charge in [-0.25, -0.2) is 13.4 Å². The molecule has 0 saturated carbocycles. The number of aromatic nitrogens is 1. The SMILES string of the molecule is CN1CCN(S(=O)(=O)c2ccc(N3CCC[C@@H]3c3ccc4c(c3)OCCO4)nc2)CC1. The molecule has 3 aliphatic rings. The molecule has 8 nitrogen and oxygen atoms in total. The standard InChI is InChI=1S/C22H28N4O4S/c1-24-9-11-25(12-10-24)31(27,28)18-5-7-22(23-16-18)26-8-2-3-19(26)17-4-6-20-21(15-17)30-14-13-29-20/h4-7,15-16,19H,2-3,8-14H2,1H3/t19-/m1/s1. The minimum absolute atomic E-state index is 0.184. The van der Waals surface area contributed by atoms with Crippen molar-refractivity contribution in [3.8, 4) is 11.5 Å². The van der Waals surface area contributed by atoms with Gasteiger partial charge in [0.25, 0.3) is 0 Å². The van der Waals surface area contributed by atoms with Crippen LogP contribution in [-0.2, 0) is 10.0 Å². The summed E-state index contributed by atoms with van der Waals surface area (Å²) in [5.41, 5.74) is 1.16. The zero-order valence-electron chi connectivity index (χ0n) is 17.7. The first-order valence-electron chi connectivity index (χ1n) is 10.8. The molecule has 1 aromatic carbocycles. The number of piperazine rings is 1.